The van der Waals surface area contributed by atoms with Crippen molar-refractivity contribution in [2.45, 2.75) is 26.8 Å². The first-order chi connectivity index (χ1) is 8.90. The Morgan fingerprint density at radius 2 is 1.95 bits per heavy atom. The Bertz CT molecular complexity index is 595. The molecule has 1 aliphatic rings. The number of carbonyl (C=O) groups is 3. The average Bonchev–Trinajstić information content (AvgIpc) is 2.65. The predicted octanol–water partition coefficient (Wildman–Crippen LogP) is 0.211. The Kier molecular flexibility index (Phi) is 3.11. The summed E-state index contributed by atoms with van der Waals surface area (Å²) >= 11 is 0. The number of rotatable bonds is 2. The van der Waals surface area contributed by atoms with Crippen LogP contribution in [0.3, 0.4) is 0 Å². The lowest BCUT2D eigenvalue weighted by molar-refractivity contribution is -0.124. The Labute approximate surface area is 110 Å². The third-order valence-electron chi connectivity index (χ3n) is 3.51. The zero-order chi connectivity index (χ0) is 14.3. The fraction of sp³-hybridized carbons (Fsp3) is 0.308. The highest BCUT2D eigenvalue weighted by atomic mass is 16.2. The van der Waals surface area contributed by atoms with E-state index in [1.165, 1.54) is 11.8 Å². The molecule has 1 unspecified atom stereocenters. The number of anilines is 1. The Morgan fingerprint density at radius 1 is 1.32 bits per heavy atom. The van der Waals surface area contributed by atoms with E-state index in [4.69, 9.17) is 5.84 Å². The molecule has 0 saturated carbocycles. The second-order valence-electron chi connectivity index (χ2n) is 4.59. The van der Waals surface area contributed by atoms with E-state index >= 15 is 0 Å². The van der Waals surface area contributed by atoms with E-state index in [0.717, 1.165) is 11.1 Å². The van der Waals surface area contributed by atoms with Gasteiger partial charge in [0.2, 0.25) is 0 Å². The molecule has 0 saturated heterocycles. The van der Waals surface area contributed by atoms with Crippen molar-refractivity contribution in [3.63, 3.8) is 0 Å². The summed E-state index contributed by atoms with van der Waals surface area (Å²) in [5.74, 6) is 3.28. The van der Waals surface area contributed by atoms with Gasteiger partial charge in [-0.2, -0.15) is 0 Å². The summed E-state index contributed by atoms with van der Waals surface area (Å²) in [7, 11) is 0. The summed E-state index contributed by atoms with van der Waals surface area (Å²) in [4.78, 5) is 36.8. The lowest BCUT2D eigenvalue weighted by atomic mass is 10.0. The molecule has 2 rings (SSSR count). The second-order valence-corrected chi connectivity index (χ2v) is 4.59. The van der Waals surface area contributed by atoms with Crippen molar-refractivity contribution in [3.05, 3.63) is 28.8 Å². The van der Waals surface area contributed by atoms with Crippen molar-refractivity contribution in [2.24, 2.45) is 5.84 Å². The van der Waals surface area contributed by atoms with Crippen LogP contribution in [-0.2, 0) is 9.59 Å². The smallest absolute Gasteiger partial charge is 0.292 e. The van der Waals surface area contributed by atoms with Gasteiger partial charge >= 0.3 is 0 Å². The van der Waals surface area contributed by atoms with E-state index in [2.05, 4.69) is 0 Å². The zero-order valence-electron chi connectivity index (χ0n) is 11.0. The van der Waals surface area contributed by atoms with Gasteiger partial charge in [-0.1, -0.05) is 6.07 Å². The van der Waals surface area contributed by atoms with Crippen LogP contribution in [0.2, 0.25) is 0 Å². The molecule has 0 radical (unpaired) electrons. The molecule has 1 aromatic rings. The standard InChI is InChI=1S/C13H15N3O3/c1-6-4-5-9-10(7(6)2)16(13(19)11(9)17)8(3)12(18)15-14/h4-5,8H,14H2,1-3H3,(H,15,18). The summed E-state index contributed by atoms with van der Waals surface area (Å²) in [5.41, 5.74) is 4.61. The molecule has 0 aromatic heterocycles. The van der Waals surface area contributed by atoms with Crippen molar-refractivity contribution in [1.82, 2.24) is 5.43 Å². The third kappa shape index (κ3) is 1.80. The molecule has 19 heavy (non-hydrogen) atoms. The van der Waals surface area contributed by atoms with Crippen molar-refractivity contribution >= 4 is 23.3 Å². The van der Waals surface area contributed by atoms with Gasteiger partial charge in [0, 0.05) is 0 Å². The van der Waals surface area contributed by atoms with Gasteiger partial charge in [-0.05, 0) is 38.0 Å². The van der Waals surface area contributed by atoms with Crippen molar-refractivity contribution < 1.29 is 14.4 Å². The van der Waals surface area contributed by atoms with Crippen LogP contribution in [0.5, 0.6) is 0 Å². The van der Waals surface area contributed by atoms with Gasteiger partial charge in [-0.3, -0.25) is 24.7 Å². The number of fused-ring (bicyclic) bond motifs is 1. The minimum Gasteiger partial charge on any atom is -0.292 e. The van der Waals surface area contributed by atoms with Gasteiger partial charge in [-0.25, -0.2) is 5.84 Å². The highest BCUT2D eigenvalue weighted by Gasteiger charge is 2.41. The van der Waals surface area contributed by atoms with Gasteiger partial charge in [-0.15, -0.1) is 0 Å². The number of benzene rings is 1. The van der Waals surface area contributed by atoms with Crippen LogP contribution in [0.15, 0.2) is 12.1 Å². The van der Waals surface area contributed by atoms with Gasteiger partial charge in [0.15, 0.2) is 0 Å². The quantitative estimate of drug-likeness (QED) is 0.344. The molecule has 100 valence electrons. The molecular weight excluding hydrogens is 246 g/mol. The molecule has 0 bridgehead atoms. The number of nitrogens with zero attached hydrogens (tertiary/aromatic N) is 1. The lowest BCUT2D eigenvalue weighted by Gasteiger charge is -2.24. The molecular formula is C13H15N3O3. The maximum absolute atomic E-state index is 12.0. The van der Waals surface area contributed by atoms with E-state index in [9.17, 15) is 14.4 Å². The minimum atomic E-state index is -0.830. The molecule has 6 heteroatoms. The molecule has 0 spiro atoms. The van der Waals surface area contributed by atoms with Crippen LogP contribution >= 0.6 is 0 Å². The number of hydrazine groups is 1. The number of hydrogen-bond donors (Lipinski definition) is 2. The molecule has 6 nitrogen and oxygen atoms in total. The monoisotopic (exact) mass is 261 g/mol. The first-order valence-corrected chi connectivity index (χ1v) is 5.88. The van der Waals surface area contributed by atoms with Crippen LogP contribution in [0.25, 0.3) is 0 Å². The van der Waals surface area contributed by atoms with Gasteiger partial charge in [0.05, 0.1) is 11.3 Å². The van der Waals surface area contributed by atoms with Crippen molar-refractivity contribution in [1.29, 1.82) is 0 Å². The summed E-state index contributed by atoms with van der Waals surface area (Å²) in [5, 5.41) is 0. The van der Waals surface area contributed by atoms with Crippen LogP contribution in [-0.4, -0.2) is 23.6 Å². The van der Waals surface area contributed by atoms with E-state index in [1.807, 2.05) is 19.3 Å². The van der Waals surface area contributed by atoms with E-state index in [-0.39, 0.29) is 0 Å². The Hall–Kier alpha value is -2.21. The molecule has 3 N–H and O–H groups in total. The van der Waals surface area contributed by atoms with E-state index < -0.39 is 23.6 Å². The van der Waals surface area contributed by atoms with Crippen molar-refractivity contribution in [3.8, 4) is 0 Å². The molecule has 2 amide bonds. The maximum Gasteiger partial charge on any atom is 0.300 e. The SMILES string of the molecule is Cc1ccc2c(c1C)N(C(C)C(=O)NN)C(=O)C2=O. The molecule has 0 fully saturated rings. The number of amides is 2. The van der Waals surface area contributed by atoms with Crippen molar-refractivity contribution in [2.75, 3.05) is 4.90 Å². The summed E-state index contributed by atoms with van der Waals surface area (Å²) < 4.78 is 0. The molecule has 1 aliphatic heterocycles. The number of carbonyl (C=O) groups excluding carboxylic acids is 3. The van der Waals surface area contributed by atoms with Crippen LogP contribution in [0.1, 0.15) is 28.4 Å². The molecule has 1 aromatic carbocycles. The first kappa shape index (κ1) is 13.2. The van der Waals surface area contributed by atoms with Gasteiger partial charge in [0.1, 0.15) is 6.04 Å². The first-order valence-electron chi connectivity index (χ1n) is 5.88. The number of ketones is 1. The Morgan fingerprint density at radius 3 is 2.53 bits per heavy atom. The van der Waals surface area contributed by atoms with Gasteiger partial charge in [0.25, 0.3) is 17.6 Å². The third-order valence-corrected chi connectivity index (χ3v) is 3.51. The normalized spacial score (nSPS) is 15.5. The maximum atomic E-state index is 12.0. The van der Waals surface area contributed by atoms with Crippen LogP contribution in [0, 0.1) is 13.8 Å². The topological polar surface area (TPSA) is 92.5 Å². The minimum absolute atomic E-state index is 0.338. The Balaban J connectivity index is 2.61. The van der Waals surface area contributed by atoms with E-state index in [1.54, 1.807) is 12.1 Å². The number of aryl methyl sites for hydroxylation is 1. The summed E-state index contributed by atoms with van der Waals surface area (Å²) in [6.45, 7) is 5.24. The molecule has 0 aliphatic carbocycles. The number of nitrogens with one attached hydrogen (secondary N) is 1. The summed E-state index contributed by atoms with van der Waals surface area (Å²) in [6.07, 6.45) is 0. The zero-order valence-corrected chi connectivity index (χ0v) is 11.0. The molecule has 1 atom stereocenters. The highest BCUT2D eigenvalue weighted by Crippen LogP contribution is 2.35. The predicted molar refractivity (Wildman–Crippen MR) is 69.5 cm³/mol. The number of Topliss-reactive ketones (excluding diaryl/α,β-unsaturated/α-hetero) is 1. The van der Waals surface area contributed by atoms with Gasteiger partial charge < -0.3 is 0 Å². The lowest BCUT2D eigenvalue weighted by Crippen LogP contribution is -2.49. The van der Waals surface area contributed by atoms with E-state index in [0.29, 0.717) is 11.3 Å². The summed E-state index contributed by atoms with van der Waals surface area (Å²) in [6, 6.07) is 2.57. The number of hydrogen-bond acceptors (Lipinski definition) is 4. The molecule has 1 heterocycles. The fourth-order valence-electron chi connectivity index (χ4n) is 2.23. The highest BCUT2D eigenvalue weighted by molar-refractivity contribution is 6.53. The fourth-order valence-corrected chi connectivity index (χ4v) is 2.23. The van der Waals surface area contributed by atoms with Crippen LogP contribution < -0.4 is 16.2 Å². The van der Waals surface area contributed by atoms with Crippen LogP contribution in [0.4, 0.5) is 5.69 Å². The largest absolute Gasteiger partial charge is 0.300 e. The average molecular weight is 261 g/mol. The number of nitrogens with two attached hydrogens (primary N) is 1. The second kappa shape index (κ2) is 4.47.